The number of aromatic nitrogens is 2. The molecule has 5 rings (SSSR count). The van der Waals surface area contributed by atoms with Gasteiger partial charge in [-0.1, -0.05) is 19.1 Å². The van der Waals surface area contributed by atoms with E-state index in [1.54, 1.807) is 18.3 Å². The number of sulfonamides is 1. The number of hydrogen-bond acceptors (Lipinski definition) is 8. The molecule has 2 aliphatic heterocycles. The van der Waals surface area contributed by atoms with Crippen molar-refractivity contribution in [3.05, 3.63) is 53.1 Å². The summed E-state index contributed by atoms with van der Waals surface area (Å²) < 4.78 is 41.9. The molecule has 0 radical (unpaired) electrons. The third-order valence-corrected chi connectivity index (χ3v) is 9.70. The number of nitrogens with one attached hydrogen (secondary N) is 4. The molecule has 38 heavy (non-hydrogen) atoms. The van der Waals surface area contributed by atoms with Crippen LogP contribution in [0.4, 0.5) is 4.39 Å². The number of aliphatic hydroxyl groups excluding tert-OH is 1. The fourth-order valence-electron chi connectivity index (χ4n) is 6.22. The van der Waals surface area contributed by atoms with E-state index in [1.807, 2.05) is 24.0 Å². The largest absolute Gasteiger partial charge is 0.508 e. The van der Waals surface area contributed by atoms with Crippen LogP contribution in [0.5, 0.6) is 5.75 Å². The smallest absolute Gasteiger partial charge is 0.212 e. The molecule has 1 aliphatic carbocycles. The highest BCUT2D eigenvalue weighted by Gasteiger charge is 2.48. The number of H-pyrrole nitrogens is 1. The van der Waals surface area contributed by atoms with Crippen molar-refractivity contribution in [2.75, 3.05) is 32.5 Å². The zero-order valence-corrected chi connectivity index (χ0v) is 22.5. The third-order valence-electron chi connectivity index (χ3n) is 8.36. The van der Waals surface area contributed by atoms with E-state index in [2.05, 4.69) is 25.5 Å². The van der Waals surface area contributed by atoms with Gasteiger partial charge in [-0.2, -0.15) is 0 Å². The van der Waals surface area contributed by atoms with Crippen LogP contribution < -0.4 is 15.6 Å². The quantitative estimate of drug-likeness (QED) is 0.276. The van der Waals surface area contributed by atoms with E-state index in [9.17, 15) is 18.6 Å². The number of aromatic amines is 1. The lowest BCUT2D eigenvalue weighted by Crippen LogP contribution is -2.45. The maximum absolute atomic E-state index is 15.9. The molecule has 208 valence electrons. The molecule has 0 spiro atoms. The Morgan fingerprint density at radius 2 is 2.08 bits per heavy atom. The van der Waals surface area contributed by atoms with Gasteiger partial charge in [0.05, 0.1) is 42.4 Å². The van der Waals surface area contributed by atoms with Crippen LogP contribution in [0, 0.1) is 5.92 Å². The second-order valence-electron chi connectivity index (χ2n) is 10.4. The standard InChI is InChI=1S/C26H37FN6O4S/c1-3-15-11-18(35)4-5-19(15)20-6-7-21-24(23(20)27)31-32-25(21)26-29-12-22(30-26)16-10-17(14-34)33(13-16)8-9-38(36,37)28-2/h4-5,10-12,17,20-21,23-25,28,31-32,34-35H,3,6-9,13-14H2,1-2H3,(H,29,30)/t17-,20?,21?,23?,24?,25?/m1/s1. The predicted molar refractivity (Wildman–Crippen MR) is 143 cm³/mol. The monoisotopic (exact) mass is 548 g/mol. The van der Waals surface area contributed by atoms with E-state index in [1.165, 1.54) is 7.05 Å². The zero-order chi connectivity index (χ0) is 27.0. The number of halogens is 1. The van der Waals surface area contributed by atoms with Gasteiger partial charge in [-0.3, -0.25) is 10.3 Å². The van der Waals surface area contributed by atoms with Gasteiger partial charge >= 0.3 is 0 Å². The average molecular weight is 549 g/mol. The Hall–Kier alpha value is -2.35. The lowest BCUT2D eigenvalue weighted by Gasteiger charge is -2.36. The predicted octanol–water partition coefficient (Wildman–Crippen LogP) is 1.34. The number of imidazole rings is 1. The molecule has 2 aromatic rings. The molecule has 5 unspecified atom stereocenters. The molecule has 1 saturated carbocycles. The number of aliphatic hydroxyl groups is 1. The maximum Gasteiger partial charge on any atom is 0.212 e. The van der Waals surface area contributed by atoms with Crippen LogP contribution >= 0.6 is 0 Å². The van der Waals surface area contributed by atoms with Crippen LogP contribution in [0.15, 0.2) is 30.5 Å². The van der Waals surface area contributed by atoms with Crippen LogP contribution in [0.3, 0.4) is 0 Å². The first-order valence-electron chi connectivity index (χ1n) is 13.2. The van der Waals surface area contributed by atoms with Crippen molar-refractivity contribution >= 4 is 15.6 Å². The SMILES string of the molecule is CCc1cc(O)ccc1C1CCC2C(c3ncc(C4=C[C@H](CO)N(CCS(=O)(=O)NC)C4)[nH]3)NNC2C1F. The van der Waals surface area contributed by atoms with Crippen LogP contribution in [0.25, 0.3) is 5.57 Å². The van der Waals surface area contributed by atoms with Gasteiger partial charge in [0.2, 0.25) is 10.0 Å². The second kappa shape index (κ2) is 11.0. The molecule has 10 nitrogen and oxygen atoms in total. The topological polar surface area (TPSA) is 143 Å². The van der Waals surface area contributed by atoms with E-state index in [0.29, 0.717) is 19.5 Å². The number of benzene rings is 1. The molecule has 1 saturated heterocycles. The number of aromatic hydroxyl groups is 1. The molecular weight excluding hydrogens is 511 g/mol. The third kappa shape index (κ3) is 5.25. The van der Waals surface area contributed by atoms with Crippen molar-refractivity contribution in [2.45, 2.75) is 56.4 Å². The van der Waals surface area contributed by atoms with Crippen LogP contribution in [-0.2, 0) is 16.4 Å². The summed E-state index contributed by atoms with van der Waals surface area (Å²) in [5.74, 6) is 0.669. The van der Waals surface area contributed by atoms with E-state index in [-0.39, 0.29) is 48.1 Å². The summed E-state index contributed by atoms with van der Waals surface area (Å²) in [7, 11) is -1.95. The lowest BCUT2D eigenvalue weighted by atomic mass is 9.71. The summed E-state index contributed by atoms with van der Waals surface area (Å²) in [5, 5.41) is 19.7. The molecule has 1 aromatic carbocycles. The average Bonchev–Trinajstić information content (AvgIpc) is 3.66. The number of nitrogens with zero attached hydrogens (tertiary/aromatic N) is 2. The first-order valence-corrected chi connectivity index (χ1v) is 14.9. The number of alkyl halides is 1. The Balaban J connectivity index is 1.27. The van der Waals surface area contributed by atoms with Gasteiger partial charge in [-0.05, 0) is 55.1 Å². The Morgan fingerprint density at radius 1 is 1.26 bits per heavy atom. The van der Waals surface area contributed by atoms with Gasteiger partial charge in [0, 0.05) is 24.9 Å². The Labute approximate surface area is 222 Å². The number of rotatable bonds is 9. The summed E-state index contributed by atoms with van der Waals surface area (Å²) in [6.07, 6.45) is 4.88. The molecule has 0 bridgehead atoms. The molecule has 6 atom stereocenters. The number of hydrogen-bond donors (Lipinski definition) is 6. The maximum atomic E-state index is 15.9. The van der Waals surface area contributed by atoms with Gasteiger partial charge in [-0.25, -0.2) is 27.9 Å². The minimum atomic E-state index is -3.34. The molecule has 1 aromatic heterocycles. The van der Waals surface area contributed by atoms with Crippen molar-refractivity contribution in [1.82, 2.24) is 30.4 Å². The van der Waals surface area contributed by atoms with Gasteiger partial charge < -0.3 is 15.2 Å². The molecule has 3 heterocycles. The van der Waals surface area contributed by atoms with E-state index < -0.39 is 16.2 Å². The number of hydrazine groups is 1. The first kappa shape index (κ1) is 27.2. The van der Waals surface area contributed by atoms with Crippen molar-refractivity contribution < 1.29 is 23.0 Å². The molecule has 2 fully saturated rings. The highest BCUT2D eigenvalue weighted by atomic mass is 32.2. The Morgan fingerprint density at radius 3 is 2.82 bits per heavy atom. The fourth-order valence-corrected chi connectivity index (χ4v) is 6.90. The van der Waals surface area contributed by atoms with Crippen molar-refractivity contribution in [3.63, 3.8) is 0 Å². The molecule has 6 N–H and O–H groups in total. The van der Waals surface area contributed by atoms with Gasteiger partial charge in [-0.15, -0.1) is 0 Å². The molecule has 3 aliphatic rings. The Kier molecular flexibility index (Phi) is 7.90. The molecule has 12 heteroatoms. The normalized spacial score (nSPS) is 29.9. The molecular formula is C26H37FN6O4S. The van der Waals surface area contributed by atoms with E-state index in [4.69, 9.17) is 0 Å². The van der Waals surface area contributed by atoms with Crippen LogP contribution in [-0.4, -0.2) is 84.3 Å². The van der Waals surface area contributed by atoms with Crippen LogP contribution in [0.1, 0.15) is 54.4 Å². The first-order chi connectivity index (χ1) is 18.2. The number of phenolic OH excluding ortho intramolecular Hbond substituents is 1. The highest BCUT2D eigenvalue weighted by molar-refractivity contribution is 7.89. The number of aryl methyl sites for hydroxylation is 1. The fraction of sp³-hybridized carbons (Fsp3) is 0.577. The zero-order valence-electron chi connectivity index (χ0n) is 21.7. The molecule has 0 amide bonds. The summed E-state index contributed by atoms with van der Waals surface area (Å²) >= 11 is 0. The van der Waals surface area contributed by atoms with E-state index in [0.717, 1.165) is 41.1 Å². The number of fused-ring (bicyclic) bond motifs is 1. The second-order valence-corrected chi connectivity index (χ2v) is 12.5. The summed E-state index contributed by atoms with van der Waals surface area (Å²) in [5.41, 5.74) is 10.2. The lowest BCUT2D eigenvalue weighted by molar-refractivity contribution is 0.135. The summed E-state index contributed by atoms with van der Waals surface area (Å²) in [4.78, 5) is 9.93. The number of phenols is 1. The van der Waals surface area contributed by atoms with Crippen molar-refractivity contribution in [2.24, 2.45) is 5.92 Å². The van der Waals surface area contributed by atoms with Gasteiger partial charge in [0.15, 0.2) is 0 Å². The minimum absolute atomic E-state index is 0.0217. The highest BCUT2D eigenvalue weighted by Crippen LogP contribution is 2.45. The van der Waals surface area contributed by atoms with E-state index >= 15 is 4.39 Å². The van der Waals surface area contributed by atoms with Crippen molar-refractivity contribution in [1.29, 1.82) is 0 Å². The minimum Gasteiger partial charge on any atom is -0.508 e. The Bertz CT molecular complexity index is 1280. The van der Waals surface area contributed by atoms with Crippen LogP contribution in [0.2, 0.25) is 0 Å². The van der Waals surface area contributed by atoms with Crippen molar-refractivity contribution in [3.8, 4) is 5.75 Å². The van der Waals surface area contributed by atoms with Gasteiger partial charge in [0.1, 0.15) is 17.7 Å². The summed E-state index contributed by atoms with van der Waals surface area (Å²) in [6.45, 7) is 2.70. The summed E-state index contributed by atoms with van der Waals surface area (Å²) in [6, 6.07) is 4.43. The van der Waals surface area contributed by atoms with Gasteiger partial charge in [0.25, 0.3) is 0 Å².